The molecule has 1 aromatic rings. The Morgan fingerprint density at radius 3 is 2.95 bits per heavy atom. The molecule has 114 valence electrons. The van der Waals surface area contributed by atoms with Crippen LogP contribution in [0.2, 0.25) is 0 Å². The number of rotatable bonds is 3. The van der Waals surface area contributed by atoms with Gasteiger partial charge in [-0.2, -0.15) is 0 Å². The molecule has 0 spiro atoms. The smallest absolute Gasteiger partial charge is 0.224 e. The van der Waals surface area contributed by atoms with Crippen molar-refractivity contribution in [1.82, 2.24) is 10.2 Å². The molecule has 2 fully saturated rings. The van der Waals surface area contributed by atoms with Crippen LogP contribution in [-0.2, 0) is 14.9 Å². The normalized spacial score (nSPS) is 29.6. The molecule has 2 aliphatic rings. The minimum absolute atomic E-state index is 0.0907. The fourth-order valence-corrected chi connectivity index (χ4v) is 3.34. The third-order valence-electron chi connectivity index (χ3n) is 4.72. The monoisotopic (exact) mass is 288 g/mol. The highest BCUT2D eigenvalue weighted by molar-refractivity contribution is 5.77. The van der Waals surface area contributed by atoms with Gasteiger partial charge < -0.3 is 15.0 Å². The summed E-state index contributed by atoms with van der Waals surface area (Å²) in [6.45, 7) is 6.19. The topological polar surface area (TPSA) is 41.6 Å². The molecule has 4 heteroatoms. The third kappa shape index (κ3) is 3.27. The first-order valence-electron chi connectivity index (χ1n) is 7.82. The van der Waals surface area contributed by atoms with Gasteiger partial charge in [0.2, 0.25) is 5.91 Å². The van der Waals surface area contributed by atoms with Crippen LogP contribution in [0.25, 0.3) is 0 Å². The Labute approximate surface area is 126 Å². The molecule has 4 nitrogen and oxygen atoms in total. The second-order valence-electron chi connectivity index (χ2n) is 6.42. The van der Waals surface area contributed by atoms with Gasteiger partial charge in [0, 0.05) is 37.5 Å². The molecule has 2 saturated heterocycles. The Hall–Kier alpha value is -1.39. The summed E-state index contributed by atoms with van der Waals surface area (Å²) in [7, 11) is 0. The molecule has 0 bridgehead atoms. The summed E-state index contributed by atoms with van der Waals surface area (Å²) < 4.78 is 5.42. The Balaban J connectivity index is 1.60. The van der Waals surface area contributed by atoms with Crippen molar-refractivity contribution in [3.63, 3.8) is 0 Å². The predicted octanol–water partition coefficient (Wildman–Crippen LogP) is 1.56. The molecule has 21 heavy (non-hydrogen) atoms. The van der Waals surface area contributed by atoms with Gasteiger partial charge in [-0.1, -0.05) is 37.3 Å². The fourth-order valence-electron chi connectivity index (χ4n) is 3.34. The number of carbonyl (C=O) groups excluding carboxylic acids is 1. The third-order valence-corrected chi connectivity index (χ3v) is 4.72. The number of amides is 1. The van der Waals surface area contributed by atoms with Gasteiger partial charge in [-0.3, -0.25) is 4.79 Å². The van der Waals surface area contributed by atoms with Crippen molar-refractivity contribution in [2.45, 2.75) is 31.2 Å². The van der Waals surface area contributed by atoms with Crippen LogP contribution in [0.5, 0.6) is 0 Å². The summed E-state index contributed by atoms with van der Waals surface area (Å²) in [5.74, 6) is 0.248. The first-order valence-corrected chi connectivity index (χ1v) is 7.82. The first-order chi connectivity index (χ1) is 10.2. The van der Waals surface area contributed by atoms with Gasteiger partial charge in [0.25, 0.3) is 0 Å². The minimum atomic E-state index is 0.0907. The van der Waals surface area contributed by atoms with E-state index in [1.807, 2.05) is 11.0 Å². The van der Waals surface area contributed by atoms with E-state index in [1.54, 1.807) is 0 Å². The second-order valence-corrected chi connectivity index (χ2v) is 6.42. The fraction of sp³-hybridized carbons (Fsp3) is 0.588. The van der Waals surface area contributed by atoms with Crippen molar-refractivity contribution in [3.8, 4) is 0 Å². The van der Waals surface area contributed by atoms with Gasteiger partial charge in [0.05, 0.1) is 13.2 Å². The van der Waals surface area contributed by atoms with Gasteiger partial charge in [-0.15, -0.1) is 0 Å². The van der Waals surface area contributed by atoms with Crippen molar-refractivity contribution in [2.75, 3.05) is 32.8 Å². The van der Waals surface area contributed by atoms with Gasteiger partial charge in [-0.05, 0) is 12.0 Å². The number of likely N-dealkylation sites (tertiary alicyclic amines) is 1. The van der Waals surface area contributed by atoms with Crippen LogP contribution in [0.3, 0.4) is 0 Å². The predicted molar refractivity (Wildman–Crippen MR) is 82.2 cm³/mol. The number of ether oxygens (including phenoxy) is 1. The number of carbonyl (C=O) groups is 1. The number of hydrogen-bond acceptors (Lipinski definition) is 3. The SMILES string of the molecule is CC1(c2ccccc2)CCN(C(=O)CC2COCCN2)C1. The lowest BCUT2D eigenvalue weighted by molar-refractivity contribution is -0.131. The van der Waals surface area contributed by atoms with E-state index in [-0.39, 0.29) is 17.4 Å². The average molecular weight is 288 g/mol. The van der Waals surface area contributed by atoms with Gasteiger partial charge in [0.15, 0.2) is 0 Å². The van der Waals surface area contributed by atoms with Crippen LogP contribution in [0.4, 0.5) is 0 Å². The minimum Gasteiger partial charge on any atom is -0.378 e. The average Bonchev–Trinajstić information content (AvgIpc) is 2.93. The molecular formula is C17H24N2O2. The molecule has 0 aliphatic carbocycles. The summed E-state index contributed by atoms with van der Waals surface area (Å²) in [6, 6.07) is 10.7. The van der Waals surface area contributed by atoms with Gasteiger partial charge in [-0.25, -0.2) is 0 Å². The van der Waals surface area contributed by atoms with Crippen molar-refractivity contribution < 1.29 is 9.53 Å². The summed E-state index contributed by atoms with van der Waals surface area (Å²) in [5.41, 5.74) is 1.42. The molecule has 1 aromatic carbocycles. The van der Waals surface area contributed by atoms with Gasteiger partial charge >= 0.3 is 0 Å². The van der Waals surface area contributed by atoms with Crippen LogP contribution in [-0.4, -0.2) is 49.7 Å². The molecule has 1 amide bonds. The first kappa shape index (κ1) is 14.5. The van der Waals surface area contributed by atoms with E-state index in [4.69, 9.17) is 4.74 Å². The molecule has 2 heterocycles. The van der Waals surface area contributed by atoms with Gasteiger partial charge in [0.1, 0.15) is 0 Å². The summed E-state index contributed by atoms with van der Waals surface area (Å²) >= 11 is 0. The van der Waals surface area contributed by atoms with E-state index >= 15 is 0 Å². The largest absolute Gasteiger partial charge is 0.378 e. The highest BCUT2D eigenvalue weighted by Gasteiger charge is 2.37. The van der Waals surface area contributed by atoms with E-state index in [1.165, 1.54) is 5.56 Å². The van der Waals surface area contributed by atoms with Crippen LogP contribution in [0, 0.1) is 0 Å². The van der Waals surface area contributed by atoms with Crippen molar-refractivity contribution in [3.05, 3.63) is 35.9 Å². The summed E-state index contributed by atoms with van der Waals surface area (Å²) in [6.07, 6.45) is 1.59. The molecule has 2 aliphatic heterocycles. The molecule has 2 atom stereocenters. The standard InChI is InChI=1S/C17H24N2O2/c1-17(14-5-3-2-4-6-14)7-9-19(13-17)16(20)11-15-12-21-10-8-18-15/h2-6,15,18H,7-13H2,1H3. The van der Waals surface area contributed by atoms with Crippen LogP contribution < -0.4 is 5.32 Å². The lowest BCUT2D eigenvalue weighted by atomic mass is 9.82. The number of nitrogens with one attached hydrogen (secondary N) is 1. The maximum absolute atomic E-state index is 12.5. The lowest BCUT2D eigenvalue weighted by Gasteiger charge is -2.27. The lowest BCUT2D eigenvalue weighted by Crippen LogP contribution is -2.45. The molecule has 1 N–H and O–H groups in total. The zero-order valence-corrected chi connectivity index (χ0v) is 12.7. The van der Waals surface area contributed by atoms with E-state index in [0.29, 0.717) is 13.0 Å². The molecule has 0 aromatic heterocycles. The van der Waals surface area contributed by atoms with Crippen LogP contribution in [0.1, 0.15) is 25.3 Å². The molecule has 3 rings (SSSR count). The Morgan fingerprint density at radius 2 is 2.24 bits per heavy atom. The molecule has 2 unspecified atom stereocenters. The van der Waals surface area contributed by atoms with Crippen LogP contribution in [0.15, 0.2) is 30.3 Å². The number of nitrogens with zero attached hydrogens (tertiary/aromatic N) is 1. The summed E-state index contributed by atoms with van der Waals surface area (Å²) in [4.78, 5) is 14.5. The maximum Gasteiger partial charge on any atom is 0.224 e. The zero-order chi connectivity index (χ0) is 14.7. The maximum atomic E-state index is 12.5. The highest BCUT2D eigenvalue weighted by atomic mass is 16.5. The molecular weight excluding hydrogens is 264 g/mol. The van der Waals surface area contributed by atoms with Crippen molar-refractivity contribution in [2.24, 2.45) is 0 Å². The molecule has 0 radical (unpaired) electrons. The van der Waals surface area contributed by atoms with Crippen molar-refractivity contribution in [1.29, 1.82) is 0 Å². The zero-order valence-electron chi connectivity index (χ0n) is 12.7. The Bertz CT molecular complexity index is 485. The van der Waals surface area contributed by atoms with Crippen LogP contribution >= 0.6 is 0 Å². The van der Waals surface area contributed by atoms with Crippen molar-refractivity contribution >= 4 is 5.91 Å². The van der Waals surface area contributed by atoms with E-state index in [9.17, 15) is 4.79 Å². The number of morpholine rings is 1. The van der Waals surface area contributed by atoms with E-state index in [2.05, 4.69) is 36.5 Å². The Kier molecular flexibility index (Phi) is 4.27. The number of benzene rings is 1. The second kappa shape index (κ2) is 6.16. The quantitative estimate of drug-likeness (QED) is 0.917. The van der Waals surface area contributed by atoms with E-state index < -0.39 is 0 Å². The van der Waals surface area contributed by atoms with E-state index in [0.717, 1.165) is 32.7 Å². The number of hydrogen-bond donors (Lipinski definition) is 1. The summed E-state index contributed by atoms with van der Waals surface area (Å²) in [5, 5.41) is 3.35. The molecule has 0 saturated carbocycles. The highest BCUT2D eigenvalue weighted by Crippen LogP contribution is 2.34. The Morgan fingerprint density at radius 1 is 1.43 bits per heavy atom.